The van der Waals surface area contributed by atoms with Crippen LogP contribution in [0.2, 0.25) is 5.02 Å². The minimum Gasteiger partial charge on any atom is -0.496 e. The van der Waals surface area contributed by atoms with Crippen molar-refractivity contribution in [3.8, 4) is 28.4 Å². The first-order valence-corrected chi connectivity index (χ1v) is 12.7. The first kappa shape index (κ1) is 27.4. The van der Waals surface area contributed by atoms with Crippen LogP contribution in [0.3, 0.4) is 0 Å². The van der Waals surface area contributed by atoms with Gasteiger partial charge in [-0.3, -0.25) is 4.79 Å². The van der Waals surface area contributed by atoms with Crippen LogP contribution >= 0.6 is 11.6 Å². The number of ether oxygens (including phenoxy) is 3. The van der Waals surface area contributed by atoms with Crippen LogP contribution in [0.1, 0.15) is 26.4 Å². The summed E-state index contributed by atoms with van der Waals surface area (Å²) < 4.78 is 30.6. The molecule has 0 aliphatic heterocycles. The molecular formula is C31H23ClFN3O5. The molecule has 0 aliphatic rings. The highest BCUT2D eigenvalue weighted by atomic mass is 35.5. The third-order valence-corrected chi connectivity index (χ3v) is 6.46. The molecule has 8 nitrogen and oxygen atoms in total. The number of para-hydroxylation sites is 1. The molecule has 2 N–H and O–H groups in total. The van der Waals surface area contributed by atoms with E-state index in [4.69, 9.17) is 25.8 Å². The van der Waals surface area contributed by atoms with E-state index in [2.05, 4.69) is 15.5 Å². The number of nitrogens with zero attached hydrogens (tertiary/aromatic N) is 1. The van der Waals surface area contributed by atoms with Crippen molar-refractivity contribution in [3.05, 3.63) is 113 Å². The topological polar surface area (TPSA) is 102 Å². The Morgan fingerprint density at radius 2 is 1.66 bits per heavy atom. The average Bonchev–Trinajstić information content (AvgIpc) is 3.39. The van der Waals surface area contributed by atoms with Crippen LogP contribution in [-0.4, -0.2) is 37.3 Å². The standard InChI is InChI=1S/C31H23ClFN3O5/c1-39-24-14-12-20(32)16-22(24)31(38)41-25-13-11-18(15-26(25)40-2)17-34-36-30(37)29-27(19-7-4-3-5-8-19)21-9-6-10-23(33)28(21)35-29/h3-17,35H,1-2H3,(H,36,37). The molecule has 206 valence electrons. The predicted octanol–water partition coefficient (Wildman–Crippen LogP) is 6.63. The van der Waals surface area contributed by atoms with E-state index in [0.717, 1.165) is 5.56 Å². The van der Waals surface area contributed by atoms with Gasteiger partial charge in [-0.25, -0.2) is 14.6 Å². The number of hydrazone groups is 1. The minimum atomic E-state index is -0.680. The smallest absolute Gasteiger partial charge is 0.347 e. The highest BCUT2D eigenvalue weighted by Crippen LogP contribution is 2.34. The molecule has 1 amide bonds. The van der Waals surface area contributed by atoms with Gasteiger partial charge in [-0.2, -0.15) is 5.10 Å². The van der Waals surface area contributed by atoms with E-state index >= 15 is 0 Å². The number of halogens is 2. The molecule has 0 fully saturated rings. The van der Waals surface area contributed by atoms with Gasteiger partial charge in [0.05, 0.1) is 26.0 Å². The molecule has 0 saturated carbocycles. The zero-order valence-electron chi connectivity index (χ0n) is 21.9. The van der Waals surface area contributed by atoms with Crippen molar-refractivity contribution in [2.24, 2.45) is 5.10 Å². The molecule has 0 spiro atoms. The number of methoxy groups -OCH3 is 2. The Balaban J connectivity index is 1.35. The minimum absolute atomic E-state index is 0.155. The molecule has 10 heteroatoms. The Labute approximate surface area is 239 Å². The lowest BCUT2D eigenvalue weighted by Crippen LogP contribution is -2.19. The molecule has 0 radical (unpaired) electrons. The number of aromatic amines is 1. The van der Waals surface area contributed by atoms with E-state index in [0.29, 0.717) is 27.3 Å². The molecular weight excluding hydrogens is 549 g/mol. The Bertz CT molecular complexity index is 1790. The van der Waals surface area contributed by atoms with Crippen molar-refractivity contribution in [1.82, 2.24) is 10.4 Å². The Morgan fingerprint density at radius 1 is 0.902 bits per heavy atom. The van der Waals surface area contributed by atoms with Crippen molar-refractivity contribution >= 4 is 40.6 Å². The first-order chi connectivity index (χ1) is 19.9. The maximum absolute atomic E-state index is 14.5. The number of H-pyrrole nitrogens is 1. The highest BCUT2D eigenvalue weighted by molar-refractivity contribution is 6.31. The summed E-state index contributed by atoms with van der Waals surface area (Å²) in [5.41, 5.74) is 4.91. The van der Waals surface area contributed by atoms with E-state index in [1.165, 1.54) is 38.6 Å². The van der Waals surface area contributed by atoms with Gasteiger partial charge in [0, 0.05) is 16.0 Å². The molecule has 5 rings (SSSR count). The number of amides is 1. The van der Waals surface area contributed by atoms with Crippen LogP contribution in [0.5, 0.6) is 17.2 Å². The fourth-order valence-corrected chi connectivity index (χ4v) is 4.49. The molecule has 1 heterocycles. The van der Waals surface area contributed by atoms with Gasteiger partial charge in [0.15, 0.2) is 11.5 Å². The van der Waals surface area contributed by atoms with Gasteiger partial charge in [-0.15, -0.1) is 0 Å². The van der Waals surface area contributed by atoms with Crippen molar-refractivity contribution in [3.63, 3.8) is 0 Å². The predicted molar refractivity (Wildman–Crippen MR) is 155 cm³/mol. The maximum atomic E-state index is 14.5. The van der Waals surface area contributed by atoms with Gasteiger partial charge in [0.1, 0.15) is 22.8 Å². The van der Waals surface area contributed by atoms with Crippen LogP contribution in [0.25, 0.3) is 22.0 Å². The second-order valence-corrected chi connectivity index (χ2v) is 9.18. The van der Waals surface area contributed by atoms with Crippen LogP contribution in [-0.2, 0) is 0 Å². The van der Waals surface area contributed by atoms with Gasteiger partial charge in [-0.1, -0.05) is 54.1 Å². The number of carbonyl (C=O) groups is 2. The van der Waals surface area contributed by atoms with Crippen LogP contribution in [0.4, 0.5) is 4.39 Å². The van der Waals surface area contributed by atoms with E-state index in [1.54, 1.807) is 36.4 Å². The summed E-state index contributed by atoms with van der Waals surface area (Å²) in [5, 5.41) is 4.99. The summed E-state index contributed by atoms with van der Waals surface area (Å²) in [6, 6.07) is 23.3. The normalized spacial score (nSPS) is 11.0. The van der Waals surface area contributed by atoms with Gasteiger partial charge in [0.25, 0.3) is 5.91 Å². The van der Waals surface area contributed by atoms with Crippen LogP contribution < -0.4 is 19.6 Å². The summed E-state index contributed by atoms with van der Waals surface area (Å²) in [5.74, 6) is -0.973. The quantitative estimate of drug-likeness (QED) is 0.0942. The third-order valence-electron chi connectivity index (χ3n) is 6.22. The largest absolute Gasteiger partial charge is 0.496 e. The van der Waals surface area contributed by atoms with Gasteiger partial charge >= 0.3 is 5.97 Å². The lowest BCUT2D eigenvalue weighted by molar-refractivity contribution is 0.0726. The van der Waals surface area contributed by atoms with Crippen LogP contribution in [0, 0.1) is 5.82 Å². The lowest BCUT2D eigenvalue weighted by atomic mass is 10.0. The summed E-state index contributed by atoms with van der Waals surface area (Å²) in [6.45, 7) is 0. The Hall–Kier alpha value is -5.15. The number of carbonyl (C=O) groups excluding carboxylic acids is 2. The number of benzene rings is 4. The average molecular weight is 572 g/mol. The van der Waals surface area contributed by atoms with Crippen molar-refractivity contribution in [2.45, 2.75) is 0 Å². The molecule has 4 aromatic carbocycles. The SMILES string of the molecule is COc1cc(C=NNC(=O)c2[nH]c3c(F)cccc3c2-c2ccccc2)ccc1OC(=O)c1cc(Cl)ccc1OC. The number of rotatable bonds is 8. The monoisotopic (exact) mass is 571 g/mol. The molecule has 0 bridgehead atoms. The first-order valence-electron chi connectivity index (χ1n) is 12.3. The fourth-order valence-electron chi connectivity index (χ4n) is 4.32. The summed E-state index contributed by atoms with van der Waals surface area (Å²) in [6.07, 6.45) is 1.40. The number of nitrogens with one attached hydrogen (secondary N) is 2. The molecule has 0 unspecified atom stereocenters. The Kier molecular flexibility index (Phi) is 7.98. The molecule has 1 aromatic heterocycles. The molecule has 0 saturated heterocycles. The maximum Gasteiger partial charge on any atom is 0.347 e. The number of esters is 1. The van der Waals surface area contributed by atoms with Crippen molar-refractivity contribution < 1.29 is 28.2 Å². The second-order valence-electron chi connectivity index (χ2n) is 8.75. The number of hydrogen-bond donors (Lipinski definition) is 2. The van der Waals surface area contributed by atoms with E-state index < -0.39 is 17.7 Å². The summed E-state index contributed by atoms with van der Waals surface area (Å²) in [7, 11) is 2.86. The molecule has 41 heavy (non-hydrogen) atoms. The number of aromatic nitrogens is 1. The van der Waals surface area contributed by atoms with Crippen molar-refractivity contribution in [1.29, 1.82) is 0 Å². The van der Waals surface area contributed by atoms with E-state index in [9.17, 15) is 14.0 Å². The van der Waals surface area contributed by atoms with Gasteiger partial charge < -0.3 is 19.2 Å². The molecule has 5 aromatic rings. The zero-order chi connectivity index (χ0) is 28.9. The van der Waals surface area contributed by atoms with Crippen LogP contribution in [0.15, 0.2) is 90.0 Å². The Morgan fingerprint density at radius 3 is 2.41 bits per heavy atom. The fraction of sp³-hybridized carbons (Fsp3) is 0.0645. The molecule has 0 atom stereocenters. The van der Waals surface area contributed by atoms with Gasteiger partial charge in [0.2, 0.25) is 0 Å². The van der Waals surface area contributed by atoms with Crippen molar-refractivity contribution in [2.75, 3.05) is 14.2 Å². The van der Waals surface area contributed by atoms with Gasteiger partial charge in [-0.05, 0) is 53.6 Å². The second kappa shape index (κ2) is 11.9. The number of fused-ring (bicyclic) bond motifs is 1. The third kappa shape index (κ3) is 5.75. The highest BCUT2D eigenvalue weighted by Gasteiger charge is 2.21. The van der Waals surface area contributed by atoms with E-state index in [-0.39, 0.29) is 28.3 Å². The number of hydrogen-bond acceptors (Lipinski definition) is 6. The summed E-state index contributed by atoms with van der Waals surface area (Å²) >= 11 is 6.03. The zero-order valence-corrected chi connectivity index (χ0v) is 22.7. The molecule has 0 aliphatic carbocycles. The lowest BCUT2D eigenvalue weighted by Gasteiger charge is -2.12. The summed E-state index contributed by atoms with van der Waals surface area (Å²) in [4.78, 5) is 28.8. The van der Waals surface area contributed by atoms with E-state index in [1.807, 2.05) is 30.3 Å².